The zero-order valence-corrected chi connectivity index (χ0v) is 16.6. The molecule has 0 aliphatic heterocycles. The van der Waals surface area contributed by atoms with Crippen LogP contribution in [0.1, 0.15) is 61.2 Å². The Hall–Kier alpha value is -2.60. The van der Waals surface area contributed by atoms with Crippen LogP contribution in [0.2, 0.25) is 0 Å². The third kappa shape index (κ3) is 3.44. The third-order valence-electron chi connectivity index (χ3n) is 5.64. The first-order valence-corrected chi connectivity index (χ1v) is 9.61. The number of hydrogen-bond donors (Lipinski definition) is 2. The molecule has 2 N–H and O–H groups in total. The first-order valence-electron chi connectivity index (χ1n) is 9.61. The molecule has 0 saturated heterocycles. The van der Waals surface area contributed by atoms with Gasteiger partial charge in [-0.05, 0) is 58.2 Å². The number of aromatic nitrogens is 3. The molecule has 1 aliphatic rings. The van der Waals surface area contributed by atoms with Crippen molar-refractivity contribution in [2.24, 2.45) is 0 Å². The second-order valence-electron chi connectivity index (χ2n) is 8.28. The average Bonchev–Trinajstić information content (AvgIpc) is 2.61. The molecule has 5 nitrogen and oxygen atoms in total. The van der Waals surface area contributed by atoms with Gasteiger partial charge in [-0.15, -0.1) is 5.10 Å². The van der Waals surface area contributed by atoms with Crippen molar-refractivity contribution < 1.29 is 9.50 Å². The van der Waals surface area contributed by atoms with E-state index in [9.17, 15) is 9.50 Å². The Morgan fingerprint density at radius 2 is 1.93 bits per heavy atom. The molecule has 0 spiro atoms. The number of nitrogens with one attached hydrogen (secondary N) is 1. The Labute approximate surface area is 164 Å². The highest BCUT2D eigenvalue weighted by molar-refractivity contribution is 5.92. The molecule has 2 aromatic heterocycles. The molecule has 1 saturated carbocycles. The zero-order valence-electron chi connectivity index (χ0n) is 16.6. The summed E-state index contributed by atoms with van der Waals surface area (Å²) >= 11 is 0. The number of aryl methyl sites for hydroxylation is 2. The molecule has 0 unspecified atom stereocenters. The van der Waals surface area contributed by atoms with Crippen molar-refractivity contribution in [3.63, 3.8) is 0 Å². The fourth-order valence-electron chi connectivity index (χ4n) is 4.00. The van der Waals surface area contributed by atoms with Crippen LogP contribution in [0, 0.1) is 19.7 Å². The molecule has 1 fully saturated rings. The summed E-state index contributed by atoms with van der Waals surface area (Å²) in [6.07, 6.45) is 3.23. The molecule has 1 aliphatic carbocycles. The molecular weight excluding hydrogens is 355 g/mol. The van der Waals surface area contributed by atoms with E-state index in [1.165, 1.54) is 6.07 Å². The Morgan fingerprint density at radius 3 is 2.61 bits per heavy atom. The van der Waals surface area contributed by atoms with E-state index in [1.807, 2.05) is 46.0 Å². The molecule has 6 heteroatoms. The van der Waals surface area contributed by atoms with E-state index < -0.39 is 5.60 Å². The largest absolute Gasteiger partial charge is 0.390 e. The van der Waals surface area contributed by atoms with Gasteiger partial charge in [0.2, 0.25) is 0 Å². The van der Waals surface area contributed by atoms with Crippen LogP contribution in [0.4, 0.5) is 10.2 Å². The summed E-state index contributed by atoms with van der Waals surface area (Å²) in [6, 6.07) is 7.01. The average molecular weight is 380 g/mol. The van der Waals surface area contributed by atoms with E-state index in [0.29, 0.717) is 24.2 Å². The molecule has 0 amide bonds. The first-order chi connectivity index (χ1) is 13.2. The predicted octanol–water partition coefficient (Wildman–Crippen LogP) is 4.58. The van der Waals surface area contributed by atoms with E-state index in [2.05, 4.69) is 20.5 Å². The lowest BCUT2D eigenvalue weighted by Gasteiger charge is -2.40. The Balaban J connectivity index is 1.69. The van der Waals surface area contributed by atoms with Crippen LogP contribution in [0.25, 0.3) is 10.8 Å². The van der Waals surface area contributed by atoms with Crippen LogP contribution in [0.15, 0.2) is 30.5 Å². The Kier molecular flexibility index (Phi) is 4.54. The summed E-state index contributed by atoms with van der Waals surface area (Å²) in [4.78, 5) is 4.59. The molecule has 28 heavy (non-hydrogen) atoms. The monoisotopic (exact) mass is 380 g/mol. The predicted molar refractivity (Wildman–Crippen MR) is 108 cm³/mol. The number of aliphatic hydroxyl groups is 1. The number of fused-ring (bicyclic) bond motifs is 1. The van der Waals surface area contributed by atoms with Gasteiger partial charge >= 0.3 is 0 Å². The van der Waals surface area contributed by atoms with Gasteiger partial charge in [-0.1, -0.05) is 12.1 Å². The van der Waals surface area contributed by atoms with E-state index in [4.69, 9.17) is 0 Å². The number of nitrogens with zero attached hydrogens (tertiary/aromatic N) is 3. The summed E-state index contributed by atoms with van der Waals surface area (Å²) in [5.41, 5.74) is 2.62. The van der Waals surface area contributed by atoms with Crippen molar-refractivity contribution in [3.8, 4) is 0 Å². The van der Waals surface area contributed by atoms with Gasteiger partial charge in [0.25, 0.3) is 0 Å². The molecule has 146 valence electrons. The van der Waals surface area contributed by atoms with Crippen molar-refractivity contribution in [3.05, 3.63) is 58.8 Å². The van der Waals surface area contributed by atoms with E-state index in [1.54, 1.807) is 6.07 Å². The molecule has 1 atom stereocenters. The standard InChI is InChI=1S/C22H25FN4O/c1-12-5-6-16(19(23)7-12)13(2)25-21-17-8-20(15-9-22(4,28)10-15)24-11-18(17)14(3)26-27-21/h5-8,11,13,15,28H,9-10H2,1-4H3,(H,25,27)/t13-,15?,22?/m1/s1. The number of pyridine rings is 1. The summed E-state index contributed by atoms with van der Waals surface area (Å²) in [5, 5.41) is 23.8. The summed E-state index contributed by atoms with van der Waals surface area (Å²) in [5.74, 6) is 0.624. The van der Waals surface area contributed by atoms with Crippen LogP contribution < -0.4 is 5.32 Å². The fourth-order valence-corrected chi connectivity index (χ4v) is 4.00. The van der Waals surface area contributed by atoms with E-state index in [-0.39, 0.29) is 17.8 Å². The van der Waals surface area contributed by atoms with Gasteiger partial charge < -0.3 is 10.4 Å². The van der Waals surface area contributed by atoms with Crippen LogP contribution in [0.5, 0.6) is 0 Å². The van der Waals surface area contributed by atoms with Crippen LogP contribution >= 0.6 is 0 Å². The second-order valence-corrected chi connectivity index (χ2v) is 8.28. The molecule has 1 aromatic carbocycles. The van der Waals surface area contributed by atoms with Crippen LogP contribution in [-0.4, -0.2) is 25.9 Å². The van der Waals surface area contributed by atoms with Gasteiger partial charge in [0, 0.05) is 34.1 Å². The number of halogens is 1. The molecule has 0 bridgehead atoms. The quantitative estimate of drug-likeness (QED) is 0.693. The summed E-state index contributed by atoms with van der Waals surface area (Å²) < 4.78 is 14.4. The van der Waals surface area contributed by atoms with Gasteiger partial charge in [0.15, 0.2) is 5.82 Å². The number of benzene rings is 1. The molecule has 4 rings (SSSR count). The molecule has 0 radical (unpaired) electrons. The molecule has 3 aromatic rings. The van der Waals surface area contributed by atoms with Gasteiger partial charge in [0.05, 0.1) is 17.3 Å². The van der Waals surface area contributed by atoms with Gasteiger partial charge in [-0.3, -0.25) is 4.98 Å². The summed E-state index contributed by atoms with van der Waals surface area (Å²) in [6.45, 7) is 7.53. The highest BCUT2D eigenvalue weighted by Crippen LogP contribution is 2.44. The van der Waals surface area contributed by atoms with Crippen molar-refractivity contribution in [2.75, 3.05) is 5.32 Å². The van der Waals surface area contributed by atoms with Gasteiger partial charge in [0.1, 0.15) is 5.82 Å². The van der Waals surface area contributed by atoms with Crippen LogP contribution in [0.3, 0.4) is 0 Å². The fraction of sp³-hybridized carbons (Fsp3) is 0.409. The first kappa shape index (κ1) is 18.7. The van der Waals surface area contributed by atoms with Crippen molar-refractivity contribution in [2.45, 2.75) is 58.1 Å². The maximum absolute atomic E-state index is 14.4. The minimum atomic E-state index is -0.605. The van der Waals surface area contributed by atoms with Crippen molar-refractivity contribution in [1.29, 1.82) is 0 Å². The third-order valence-corrected chi connectivity index (χ3v) is 5.64. The molecular formula is C22H25FN4O. The highest BCUT2D eigenvalue weighted by atomic mass is 19.1. The second kappa shape index (κ2) is 6.78. The minimum absolute atomic E-state index is 0.233. The van der Waals surface area contributed by atoms with Crippen molar-refractivity contribution >= 4 is 16.6 Å². The maximum Gasteiger partial charge on any atom is 0.157 e. The van der Waals surface area contributed by atoms with E-state index in [0.717, 1.165) is 27.7 Å². The number of hydrogen-bond acceptors (Lipinski definition) is 5. The lowest BCUT2D eigenvalue weighted by molar-refractivity contribution is -0.0323. The van der Waals surface area contributed by atoms with Gasteiger partial charge in [-0.25, -0.2) is 4.39 Å². The SMILES string of the molecule is Cc1ccc([C@@H](C)Nc2nnc(C)c3cnc(C4CC(C)(O)C4)cc23)c(F)c1. The lowest BCUT2D eigenvalue weighted by Crippen LogP contribution is -2.39. The molecule has 2 heterocycles. The highest BCUT2D eigenvalue weighted by Gasteiger charge is 2.40. The Morgan fingerprint density at radius 1 is 1.18 bits per heavy atom. The smallest absolute Gasteiger partial charge is 0.157 e. The summed E-state index contributed by atoms with van der Waals surface area (Å²) in [7, 11) is 0. The number of anilines is 1. The topological polar surface area (TPSA) is 70.9 Å². The Bertz CT molecular complexity index is 1040. The minimum Gasteiger partial charge on any atom is -0.390 e. The van der Waals surface area contributed by atoms with E-state index >= 15 is 0 Å². The van der Waals surface area contributed by atoms with Crippen molar-refractivity contribution in [1.82, 2.24) is 15.2 Å². The number of rotatable bonds is 4. The zero-order chi connectivity index (χ0) is 20.1. The maximum atomic E-state index is 14.4. The van der Waals surface area contributed by atoms with Gasteiger partial charge in [-0.2, -0.15) is 5.10 Å². The normalized spacial score (nSPS) is 22.7. The van der Waals surface area contributed by atoms with Crippen LogP contribution in [-0.2, 0) is 0 Å². The lowest BCUT2D eigenvalue weighted by atomic mass is 9.70.